The van der Waals surface area contributed by atoms with E-state index in [1.54, 1.807) is 0 Å². The Bertz CT molecular complexity index is 491. The number of nitrogens with one attached hydrogen (secondary N) is 2. The van der Waals surface area contributed by atoms with Crippen LogP contribution in [0.15, 0.2) is 16.7 Å². The van der Waals surface area contributed by atoms with Gasteiger partial charge in [-0.1, -0.05) is 6.07 Å². The maximum Gasteiger partial charge on any atom is 0.242 e. The van der Waals surface area contributed by atoms with Crippen LogP contribution < -0.4 is 10.6 Å². The molecule has 1 saturated heterocycles. The second-order valence-electron chi connectivity index (χ2n) is 5.20. The van der Waals surface area contributed by atoms with Crippen LogP contribution in [0, 0.1) is 12.8 Å². The largest absolute Gasteiger partial charge is 0.309 e. The van der Waals surface area contributed by atoms with E-state index in [0.717, 1.165) is 16.6 Å². The third-order valence-corrected chi connectivity index (χ3v) is 4.39. The van der Waals surface area contributed by atoms with Gasteiger partial charge in [0, 0.05) is 6.04 Å². The summed E-state index contributed by atoms with van der Waals surface area (Å²) < 4.78 is 0.740. The van der Waals surface area contributed by atoms with Gasteiger partial charge < -0.3 is 10.6 Å². The minimum Gasteiger partial charge on any atom is -0.309 e. The number of amides is 1. The van der Waals surface area contributed by atoms with E-state index in [4.69, 9.17) is 0 Å². The molecular weight excluding hydrogens is 294 g/mol. The van der Waals surface area contributed by atoms with Crippen LogP contribution in [0.1, 0.15) is 24.8 Å². The number of anilines is 1. The Morgan fingerprint density at radius 2 is 2.33 bits per heavy atom. The van der Waals surface area contributed by atoms with Gasteiger partial charge in [0.05, 0.1) is 6.04 Å². The van der Waals surface area contributed by atoms with E-state index in [1.807, 2.05) is 19.1 Å². The fourth-order valence-corrected chi connectivity index (χ4v) is 3.29. The first-order chi connectivity index (χ1) is 8.63. The fourth-order valence-electron chi connectivity index (χ4n) is 2.98. The number of hydrogen-bond acceptors (Lipinski definition) is 3. The number of fused-ring (bicyclic) bond motifs is 2. The summed E-state index contributed by atoms with van der Waals surface area (Å²) in [5.74, 6) is 1.21. The summed E-state index contributed by atoms with van der Waals surface area (Å²) in [6, 6.07) is 4.33. The lowest BCUT2D eigenvalue weighted by Gasteiger charge is -2.22. The second-order valence-corrected chi connectivity index (χ2v) is 6.02. The van der Waals surface area contributed by atoms with Crippen molar-refractivity contribution in [2.24, 2.45) is 5.92 Å². The van der Waals surface area contributed by atoms with E-state index in [9.17, 15) is 4.79 Å². The number of rotatable bonds is 2. The zero-order chi connectivity index (χ0) is 12.7. The van der Waals surface area contributed by atoms with Crippen LogP contribution in [0.2, 0.25) is 0 Å². The average Bonchev–Trinajstić information content (AvgIpc) is 2.96. The number of aryl methyl sites for hydroxylation is 1. The van der Waals surface area contributed by atoms with Crippen LogP contribution in [0.25, 0.3) is 0 Å². The Balaban J connectivity index is 1.72. The normalized spacial score (nSPS) is 29.6. The first-order valence-corrected chi connectivity index (χ1v) is 7.13. The number of piperidine rings is 1. The molecule has 2 heterocycles. The molecule has 1 aliphatic carbocycles. The fraction of sp³-hybridized carbons (Fsp3) is 0.538. The summed E-state index contributed by atoms with van der Waals surface area (Å²) >= 11 is 3.32. The molecule has 1 saturated carbocycles. The average molecular weight is 310 g/mol. The predicted octanol–water partition coefficient (Wildman–Crippen LogP) is 2.23. The van der Waals surface area contributed by atoms with Gasteiger partial charge in [0.2, 0.25) is 5.91 Å². The van der Waals surface area contributed by atoms with Crippen molar-refractivity contribution in [2.45, 2.75) is 38.3 Å². The van der Waals surface area contributed by atoms with Gasteiger partial charge in [0.25, 0.3) is 0 Å². The highest BCUT2D eigenvalue weighted by Crippen LogP contribution is 2.35. The molecule has 3 rings (SSSR count). The van der Waals surface area contributed by atoms with Crippen molar-refractivity contribution in [3.63, 3.8) is 0 Å². The highest BCUT2D eigenvalue weighted by Gasteiger charge is 2.42. The zero-order valence-electron chi connectivity index (χ0n) is 10.2. The third kappa shape index (κ3) is 2.17. The van der Waals surface area contributed by atoms with Gasteiger partial charge in [-0.05, 0) is 59.7 Å². The summed E-state index contributed by atoms with van der Waals surface area (Å²) in [4.78, 5) is 16.5. The molecule has 1 aromatic rings. The van der Waals surface area contributed by atoms with E-state index >= 15 is 0 Å². The van der Waals surface area contributed by atoms with E-state index in [0.29, 0.717) is 17.8 Å². The first kappa shape index (κ1) is 12.1. The number of halogens is 1. The van der Waals surface area contributed by atoms with E-state index in [1.165, 1.54) is 12.8 Å². The Morgan fingerprint density at radius 1 is 1.50 bits per heavy atom. The Labute approximate surface area is 115 Å². The summed E-state index contributed by atoms with van der Waals surface area (Å²) in [7, 11) is 0. The van der Waals surface area contributed by atoms with Crippen molar-refractivity contribution in [1.29, 1.82) is 0 Å². The number of pyridine rings is 1. The van der Waals surface area contributed by atoms with Gasteiger partial charge in [0.15, 0.2) is 0 Å². The van der Waals surface area contributed by atoms with Gasteiger partial charge in [-0.3, -0.25) is 4.79 Å². The van der Waals surface area contributed by atoms with Crippen LogP contribution in [0.3, 0.4) is 0 Å². The number of carbonyl (C=O) groups excluding carboxylic acids is 1. The first-order valence-electron chi connectivity index (χ1n) is 6.33. The molecule has 3 atom stereocenters. The molecule has 0 spiro atoms. The predicted molar refractivity (Wildman–Crippen MR) is 73.4 cm³/mol. The van der Waals surface area contributed by atoms with E-state index in [-0.39, 0.29) is 11.9 Å². The lowest BCUT2D eigenvalue weighted by molar-refractivity contribution is -0.119. The van der Waals surface area contributed by atoms with Crippen molar-refractivity contribution in [1.82, 2.24) is 10.3 Å². The van der Waals surface area contributed by atoms with Crippen molar-refractivity contribution >= 4 is 27.7 Å². The molecule has 2 N–H and O–H groups in total. The van der Waals surface area contributed by atoms with Crippen LogP contribution in [0.4, 0.5) is 5.82 Å². The molecule has 2 aliphatic rings. The van der Waals surface area contributed by atoms with Gasteiger partial charge in [0.1, 0.15) is 10.4 Å². The molecule has 18 heavy (non-hydrogen) atoms. The molecule has 0 unspecified atom stereocenters. The topological polar surface area (TPSA) is 54.0 Å². The van der Waals surface area contributed by atoms with Gasteiger partial charge in [-0.15, -0.1) is 0 Å². The van der Waals surface area contributed by atoms with Crippen LogP contribution in [-0.4, -0.2) is 23.0 Å². The van der Waals surface area contributed by atoms with Gasteiger partial charge in [-0.2, -0.15) is 0 Å². The maximum atomic E-state index is 12.2. The van der Waals surface area contributed by atoms with Crippen molar-refractivity contribution in [3.8, 4) is 0 Å². The monoisotopic (exact) mass is 309 g/mol. The molecule has 1 aliphatic heterocycles. The molecular formula is C13H16BrN3O. The lowest BCUT2D eigenvalue weighted by atomic mass is 9.99. The van der Waals surface area contributed by atoms with Crippen LogP contribution in [-0.2, 0) is 4.79 Å². The number of nitrogens with zero attached hydrogens (tertiary/aromatic N) is 1. The summed E-state index contributed by atoms with van der Waals surface area (Å²) in [6.45, 7) is 1.95. The standard InChI is InChI=1S/C13H16BrN3O/c1-7-2-5-10(14)16-12(7)17-13(18)11-8-3-4-9(6-8)15-11/h2,5,8-9,11,15H,3-4,6H2,1H3,(H,16,17,18)/t8-,9+,11+/m1/s1. The highest BCUT2D eigenvalue weighted by atomic mass is 79.9. The quantitative estimate of drug-likeness (QED) is 0.824. The zero-order valence-corrected chi connectivity index (χ0v) is 11.8. The van der Waals surface area contributed by atoms with Crippen molar-refractivity contribution in [2.75, 3.05) is 5.32 Å². The molecule has 0 radical (unpaired) electrons. The smallest absolute Gasteiger partial charge is 0.242 e. The van der Waals surface area contributed by atoms with Crippen LogP contribution in [0.5, 0.6) is 0 Å². The molecule has 5 heteroatoms. The van der Waals surface area contributed by atoms with Gasteiger partial charge in [-0.25, -0.2) is 4.98 Å². The van der Waals surface area contributed by atoms with Crippen molar-refractivity contribution < 1.29 is 4.79 Å². The molecule has 96 valence electrons. The highest BCUT2D eigenvalue weighted by molar-refractivity contribution is 9.10. The number of aromatic nitrogens is 1. The SMILES string of the molecule is Cc1ccc(Br)nc1NC(=O)[C@H]1N[C@H]2CC[C@@H]1C2. The van der Waals surface area contributed by atoms with E-state index < -0.39 is 0 Å². The minimum absolute atomic E-state index is 0.0380. The maximum absolute atomic E-state index is 12.2. The molecule has 2 fully saturated rings. The molecule has 4 nitrogen and oxygen atoms in total. The Morgan fingerprint density at radius 3 is 3.00 bits per heavy atom. The molecule has 1 aromatic heterocycles. The Kier molecular flexibility index (Phi) is 3.11. The van der Waals surface area contributed by atoms with Crippen molar-refractivity contribution in [3.05, 3.63) is 22.3 Å². The van der Waals surface area contributed by atoms with E-state index in [2.05, 4.69) is 31.5 Å². The molecule has 0 aromatic carbocycles. The number of carbonyl (C=O) groups is 1. The van der Waals surface area contributed by atoms with Gasteiger partial charge >= 0.3 is 0 Å². The Hall–Kier alpha value is -0.940. The summed E-state index contributed by atoms with van der Waals surface area (Å²) in [5.41, 5.74) is 0.981. The third-order valence-electron chi connectivity index (χ3n) is 3.95. The summed E-state index contributed by atoms with van der Waals surface area (Å²) in [5, 5.41) is 6.33. The number of hydrogen-bond donors (Lipinski definition) is 2. The van der Waals surface area contributed by atoms with Crippen LogP contribution >= 0.6 is 15.9 Å². The molecule has 2 bridgehead atoms. The summed E-state index contributed by atoms with van der Waals surface area (Å²) in [6.07, 6.45) is 3.52. The lowest BCUT2D eigenvalue weighted by Crippen LogP contribution is -2.44. The molecule has 1 amide bonds. The minimum atomic E-state index is -0.0380. The second kappa shape index (κ2) is 4.63.